The fourth-order valence-corrected chi connectivity index (χ4v) is 5.42. The van der Waals surface area contributed by atoms with Gasteiger partial charge in [-0.2, -0.15) is 0 Å². The summed E-state index contributed by atoms with van der Waals surface area (Å²) in [6.45, 7) is 2.45. The van der Waals surface area contributed by atoms with E-state index in [-0.39, 0.29) is 17.2 Å². The Labute approximate surface area is 202 Å². The molecule has 0 bridgehead atoms. The molecule has 4 aromatic carbocycles. The van der Waals surface area contributed by atoms with Crippen molar-refractivity contribution in [3.63, 3.8) is 0 Å². The van der Waals surface area contributed by atoms with E-state index in [1.807, 2.05) is 97.9 Å². The third-order valence-corrected chi connectivity index (χ3v) is 6.97. The van der Waals surface area contributed by atoms with Crippen LogP contribution in [0.4, 0.5) is 11.4 Å². The smallest absolute Gasteiger partial charge is 0.256 e. The molecule has 0 aromatic heterocycles. The highest BCUT2D eigenvalue weighted by Crippen LogP contribution is 2.45. The molecule has 1 aliphatic rings. The molecule has 0 spiro atoms. The highest BCUT2D eigenvalue weighted by atomic mass is 32.2. The van der Waals surface area contributed by atoms with E-state index in [0.29, 0.717) is 29.4 Å². The summed E-state index contributed by atoms with van der Waals surface area (Å²) in [4.78, 5) is 27.8. The van der Waals surface area contributed by atoms with E-state index in [1.165, 1.54) is 0 Å². The van der Waals surface area contributed by atoms with Crippen molar-refractivity contribution in [3.05, 3.63) is 102 Å². The summed E-state index contributed by atoms with van der Waals surface area (Å²) in [6.07, 6.45) is 0. The first-order valence-electron chi connectivity index (χ1n) is 11.2. The van der Waals surface area contributed by atoms with Crippen LogP contribution in [0.3, 0.4) is 0 Å². The second-order valence-electron chi connectivity index (χ2n) is 7.93. The minimum Gasteiger partial charge on any atom is -0.492 e. The first-order valence-corrected chi connectivity index (χ1v) is 12.2. The maximum atomic E-state index is 13.1. The lowest BCUT2D eigenvalue weighted by molar-refractivity contribution is -0.115. The molecule has 4 aromatic rings. The molecule has 6 heteroatoms. The molecular weight excluding hydrogens is 444 g/mol. The van der Waals surface area contributed by atoms with Gasteiger partial charge in [0.1, 0.15) is 11.1 Å². The maximum absolute atomic E-state index is 13.1. The minimum atomic E-state index is -0.205. The first-order chi connectivity index (χ1) is 16.7. The molecule has 1 saturated heterocycles. The number of anilines is 2. The molecule has 0 radical (unpaired) electrons. The molecular formula is C28H24N2O3S. The van der Waals surface area contributed by atoms with Gasteiger partial charge in [-0.1, -0.05) is 60.7 Å². The second kappa shape index (κ2) is 9.61. The van der Waals surface area contributed by atoms with E-state index in [9.17, 15) is 9.59 Å². The van der Waals surface area contributed by atoms with Crippen LogP contribution in [0.15, 0.2) is 91.0 Å². The Morgan fingerprint density at radius 1 is 1.00 bits per heavy atom. The van der Waals surface area contributed by atoms with Crippen molar-refractivity contribution in [2.24, 2.45) is 0 Å². The Bertz CT molecular complexity index is 1370. The summed E-state index contributed by atoms with van der Waals surface area (Å²) in [5, 5.41) is 4.76. The zero-order chi connectivity index (χ0) is 23.5. The predicted molar refractivity (Wildman–Crippen MR) is 139 cm³/mol. The molecule has 1 N–H and O–H groups in total. The lowest BCUT2D eigenvalue weighted by atomic mass is 10.0. The van der Waals surface area contributed by atoms with Crippen LogP contribution in [-0.2, 0) is 4.79 Å². The van der Waals surface area contributed by atoms with Gasteiger partial charge < -0.3 is 10.1 Å². The quantitative estimate of drug-likeness (QED) is 0.362. The Hall–Kier alpha value is -3.77. The third-order valence-electron chi connectivity index (χ3n) is 5.76. The largest absolute Gasteiger partial charge is 0.492 e. The minimum absolute atomic E-state index is 0.0346. The van der Waals surface area contributed by atoms with Crippen molar-refractivity contribution in [3.8, 4) is 5.75 Å². The van der Waals surface area contributed by atoms with Crippen LogP contribution < -0.4 is 15.0 Å². The van der Waals surface area contributed by atoms with Crippen molar-refractivity contribution in [1.29, 1.82) is 0 Å². The number of carbonyl (C=O) groups is 2. The van der Waals surface area contributed by atoms with Gasteiger partial charge in [0.25, 0.3) is 5.91 Å². The molecule has 5 nitrogen and oxygen atoms in total. The Kier molecular flexibility index (Phi) is 6.23. The fraction of sp³-hybridized carbons (Fsp3) is 0.143. The maximum Gasteiger partial charge on any atom is 0.256 e. The summed E-state index contributed by atoms with van der Waals surface area (Å²) in [7, 11) is 0. The molecule has 1 fully saturated rings. The van der Waals surface area contributed by atoms with Gasteiger partial charge >= 0.3 is 0 Å². The number of amides is 2. The summed E-state index contributed by atoms with van der Waals surface area (Å²) in [6, 6.07) is 28.9. The number of rotatable bonds is 6. The number of carbonyl (C=O) groups excluding carboxylic acids is 2. The van der Waals surface area contributed by atoms with Crippen molar-refractivity contribution in [2.75, 3.05) is 22.6 Å². The van der Waals surface area contributed by atoms with Gasteiger partial charge in [0.2, 0.25) is 5.91 Å². The van der Waals surface area contributed by atoms with E-state index >= 15 is 0 Å². The number of ether oxygens (including phenoxy) is 1. The molecule has 1 heterocycles. The van der Waals surface area contributed by atoms with Gasteiger partial charge in [0, 0.05) is 11.3 Å². The highest BCUT2D eigenvalue weighted by molar-refractivity contribution is 8.00. The van der Waals surface area contributed by atoms with E-state index in [1.54, 1.807) is 16.7 Å². The zero-order valence-corrected chi connectivity index (χ0v) is 19.5. The number of thioether (sulfide) groups is 1. The Morgan fingerprint density at radius 2 is 1.76 bits per heavy atom. The average Bonchev–Trinajstić information content (AvgIpc) is 3.25. The van der Waals surface area contributed by atoms with Crippen molar-refractivity contribution < 1.29 is 14.3 Å². The summed E-state index contributed by atoms with van der Waals surface area (Å²) < 4.78 is 5.78. The van der Waals surface area contributed by atoms with Crippen LogP contribution in [0, 0.1) is 0 Å². The Balaban J connectivity index is 1.43. The number of hydrogen-bond donors (Lipinski definition) is 1. The molecule has 1 atom stereocenters. The Morgan fingerprint density at radius 3 is 2.65 bits per heavy atom. The molecule has 5 rings (SSSR count). The number of para-hydroxylation sites is 2. The normalized spacial score (nSPS) is 15.5. The number of benzene rings is 4. The fourth-order valence-electron chi connectivity index (χ4n) is 4.26. The predicted octanol–water partition coefficient (Wildman–Crippen LogP) is 6.27. The monoisotopic (exact) mass is 468 g/mol. The van der Waals surface area contributed by atoms with Crippen LogP contribution in [-0.4, -0.2) is 24.2 Å². The van der Waals surface area contributed by atoms with Crippen LogP contribution in [0.2, 0.25) is 0 Å². The summed E-state index contributed by atoms with van der Waals surface area (Å²) in [5.41, 5.74) is 3.02. The van der Waals surface area contributed by atoms with Crippen molar-refractivity contribution >= 4 is 45.7 Å². The lowest BCUT2D eigenvalue weighted by Crippen LogP contribution is -2.28. The molecule has 2 amide bonds. The summed E-state index contributed by atoms with van der Waals surface area (Å²) >= 11 is 1.57. The number of fused-ring (bicyclic) bond motifs is 1. The van der Waals surface area contributed by atoms with Crippen LogP contribution >= 0.6 is 11.8 Å². The molecule has 1 unspecified atom stereocenters. The van der Waals surface area contributed by atoms with Gasteiger partial charge in [0.15, 0.2) is 0 Å². The number of nitrogens with one attached hydrogen (secondary N) is 1. The van der Waals surface area contributed by atoms with Gasteiger partial charge in [0.05, 0.1) is 18.0 Å². The second-order valence-corrected chi connectivity index (χ2v) is 9.00. The van der Waals surface area contributed by atoms with E-state index in [4.69, 9.17) is 4.74 Å². The van der Waals surface area contributed by atoms with Crippen LogP contribution in [0.5, 0.6) is 5.75 Å². The van der Waals surface area contributed by atoms with E-state index in [0.717, 1.165) is 22.0 Å². The SMILES string of the molecule is CCOc1ccccc1N1C(=O)CSC1c1cccc(NC(=O)c2cccc3ccccc23)c1. The summed E-state index contributed by atoms with van der Waals surface area (Å²) in [5.74, 6) is 0.943. The van der Waals surface area contributed by atoms with Gasteiger partial charge in [-0.05, 0) is 53.6 Å². The van der Waals surface area contributed by atoms with E-state index < -0.39 is 0 Å². The van der Waals surface area contributed by atoms with Crippen LogP contribution in [0.25, 0.3) is 10.8 Å². The third kappa shape index (κ3) is 4.24. The number of hydrogen-bond acceptors (Lipinski definition) is 4. The highest BCUT2D eigenvalue weighted by Gasteiger charge is 2.35. The lowest BCUT2D eigenvalue weighted by Gasteiger charge is -2.26. The van der Waals surface area contributed by atoms with Gasteiger partial charge in [-0.3, -0.25) is 14.5 Å². The van der Waals surface area contributed by atoms with Crippen molar-refractivity contribution in [2.45, 2.75) is 12.3 Å². The standard InChI is InChI=1S/C28H24N2O3S/c1-2-33-25-16-6-5-15-24(25)30-26(31)18-34-28(30)20-11-7-12-21(17-20)29-27(32)23-14-8-10-19-9-3-4-13-22(19)23/h3-17,28H,2,18H2,1H3,(H,29,32). The number of nitrogens with zero attached hydrogens (tertiary/aromatic N) is 1. The van der Waals surface area contributed by atoms with E-state index in [2.05, 4.69) is 5.32 Å². The molecule has 170 valence electrons. The van der Waals surface area contributed by atoms with Gasteiger partial charge in [-0.25, -0.2) is 0 Å². The molecule has 0 aliphatic carbocycles. The van der Waals surface area contributed by atoms with Crippen molar-refractivity contribution in [1.82, 2.24) is 0 Å². The molecule has 1 aliphatic heterocycles. The zero-order valence-electron chi connectivity index (χ0n) is 18.7. The molecule has 0 saturated carbocycles. The molecule has 34 heavy (non-hydrogen) atoms. The van der Waals surface area contributed by atoms with Gasteiger partial charge in [-0.15, -0.1) is 11.8 Å². The topological polar surface area (TPSA) is 58.6 Å². The average molecular weight is 469 g/mol. The first kappa shape index (κ1) is 22.0. The van der Waals surface area contributed by atoms with Crippen LogP contribution in [0.1, 0.15) is 28.2 Å².